The van der Waals surface area contributed by atoms with Crippen molar-refractivity contribution in [1.82, 2.24) is 14.8 Å². The number of benzene rings is 1. The molecule has 1 aromatic carbocycles. The zero-order valence-electron chi connectivity index (χ0n) is 17.5. The van der Waals surface area contributed by atoms with E-state index in [2.05, 4.69) is 86.5 Å². The van der Waals surface area contributed by atoms with Gasteiger partial charge in [0.2, 0.25) is 0 Å². The van der Waals surface area contributed by atoms with Gasteiger partial charge in [0.15, 0.2) is 0 Å². The third-order valence-corrected chi connectivity index (χ3v) is 6.65. The van der Waals surface area contributed by atoms with Crippen LogP contribution in [0.25, 0.3) is 11.8 Å². The summed E-state index contributed by atoms with van der Waals surface area (Å²) in [5.41, 5.74) is 3.77. The van der Waals surface area contributed by atoms with Crippen molar-refractivity contribution in [3.63, 3.8) is 0 Å². The number of hydrogen-bond acceptors (Lipinski definition) is 2. The first-order valence-electron chi connectivity index (χ1n) is 10.3. The fourth-order valence-electron chi connectivity index (χ4n) is 4.58. The van der Waals surface area contributed by atoms with Crippen molar-refractivity contribution in [2.24, 2.45) is 23.2 Å². The Hall–Kier alpha value is -2.42. The van der Waals surface area contributed by atoms with E-state index in [1.165, 1.54) is 30.4 Å². The number of rotatable bonds is 7. The first-order valence-corrected chi connectivity index (χ1v) is 10.3. The molecule has 0 bridgehead atoms. The molecule has 4 atom stereocenters. The molecule has 1 unspecified atom stereocenters. The van der Waals surface area contributed by atoms with Crippen molar-refractivity contribution in [3.05, 3.63) is 73.4 Å². The molecular formula is C25H33N3. The summed E-state index contributed by atoms with van der Waals surface area (Å²) >= 11 is 0. The molecule has 0 amide bonds. The lowest BCUT2D eigenvalue weighted by Crippen LogP contribution is -2.35. The minimum absolute atomic E-state index is 0.212. The normalized spacial score (nSPS) is 26.2. The standard InChI is InChI=1S/C25H33N3/c1-6-25(5)15-14-22(16-24(25)19(2)3)20(4)8-7-9-21-10-12-23(13-11-21)28-18-26-17-27-28/h6-7,9-13,17-18,20,22,24H,1-2,8,14-16H2,3-5H3/b9-7+/t20?,22-,24+,25-/m1/s1. The van der Waals surface area contributed by atoms with Gasteiger partial charge < -0.3 is 0 Å². The van der Waals surface area contributed by atoms with Crippen molar-refractivity contribution >= 4 is 6.08 Å². The topological polar surface area (TPSA) is 30.7 Å². The fourth-order valence-corrected chi connectivity index (χ4v) is 4.58. The molecule has 3 nitrogen and oxygen atoms in total. The quantitative estimate of drug-likeness (QED) is 0.518. The highest BCUT2D eigenvalue weighted by Gasteiger charge is 2.39. The second-order valence-corrected chi connectivity index (χ2v) is 8.69. The summed E-state index contributed by atoms with van der Waals surface area (Å²) in [6, 6.07) is 8.41. The highest BCUT2D eigenvalue weighted by molar-refractivity contribution is 5.51. The van der Waals surface area contributed by atoms with E-state index in [9.17, 15) is 0 Å². The van der Waals surface area contributed by atoms with Crippen molar-refractivity contribution < 1.29 is 0 Å². The van der Waals surface area contributed by atoms with Crippen LogP contribution < -0.4 is 0 Å². The van der Waals surface area contributed by atoms with Crippen molar-refractivity contribution in [2.45, 2.75) is 46.5 Å². The number of hydrogen-bond donors (Lipinski definition) is 0. The molecule has 28 heavy (non-hydrogen) atoms. The summed E-state index contributed by atoms with van der Waals surface area (Å²) in [6.45, 7) is 15.3. The minimum Gasteiger partial charge on any atom is -0.223 e. The van der Waals surface area contributed by atoms with Crippen LogP contribution >= 0.6 is 0 Å². The number of aromatic nitrogens is 3. The molecule has 0 radical (unpaired) electrons. The SMILES string of the molecule is C=C[C@]1(C)CC[C@@H](C(C)C/C=C/c2ccc(-n3cncn3)cc2)C[C@H]1C(=C)C. The smallest absolute Gasteiger partial charge is 0.138 e. The summed E-state index contributed by atoms with van der Waals surface area (Å²) in [6.07, 6.45) is 14.8. The molecule has 0 N–H and O–H groups in total. The molecule has 1 aliphatic carbocycles. The van der Waals surface area contributed by atoms with Gasteiger partial charge in [-0.2, -0.15) is 5.10 Å². The van der Waals surface area contributed by atoms with Gasteiger partial charge in [-0.25, -0.2) is 9.67 Å². The van der Waals surface area contributed by atoms with E-state index >= 15 is 0 Å². The van der Waals surface area contributed by atoms with Gasteiger partial charge in [-0.15, -0.1) is 6.58 Å². The summed E-state index contributed by atoms with van der Waals surface area (Å²) < 4.78 is 1.77. The Labute approximate surface area is 169 Å². The molecule has 1 aromatic heterocycles. The van der Waals surface area contributed by atoms with Gasteiger partial charge in [0, 0.05) is 0 Å². The Balaban J connectivity index is 1.57. The molecule has 1 saturated carbocycles. The maximum absolute atomic E-state index is 4.27. The minimum atomic E-state index is 0.212. The average molecular weight is 376 g/mol. The highest BCUT2D eigenvalue weighted by Crippen LogP contribution is 2.49. The van der Waals surface area contributed by atoms with Crippen LogP contribution in [-0.2, 0) is 0 Å². The predicted octanol–water partition coefficient (Wildman–Crippen LogP) is 6.49. The monoisotopic (exact) mass is 375 g/mol. The van der Waals surface area contributed by atoms with E-state index in [1.54, 1.807) is 17.3 Å². The molecule has 0 saturated heterocycles. The number of allylic oxidation sites excluding steroid dienone is 3. The molecule has 1 fully saturated rings. The van der Waals surface area contributed by atoms with Gasteiger partial charge >= 0.3 is 0 Å². The van der Waals surface area contributed by atoms with E-state index < -0.39 is 0 Å². The van der Waals surface area contributed by atoms with Crippen LogP contribution in [0, 0.1) is 23.2 Å². The third-order valence-electron chi connectivity index (χ3n) is 6.65. The molecule has 2 aromatic rings. The molecule has 0 aliphatic heterocycles. The zero-order valence-corrected chi connectivity index (χ0v) is 17.5. The first kappa shape index (κ1) is 20.3. The second-order valence-electron chi connectivity index (χ2n) is 8.69. The molecular weight excluding hydrogens is 342 g/mol. The van der Waals surface area contributed by atoms with Crippen LogP contribution in [0.15, 0.2) is 67.8 Å². The Morgan fingerprint density at radius 2 is 2.11 bits per heavy atom. The van der Waals surface area contributed by atoms with Gasteiger partial charge in [-0.05, 0) is 73.5 Å². The Morgan fingerprint density at radius 1 is 1.36 bits per heavy atom. The van der Waals surface area contributed by atoms with E-state index in [-0.39, 0.29) is 5.41 Å². The summed E-state index contributed by atoms with van der Waals surface area (Å²) in [7, 11) is 0. The summed E-state index contributed by atoms with van der Waals surface area (Å²) in [4.78, 5) is 3.99. The Kier molecular flexibility index (Phi) is 6.33. The molecule has 1 aliphatic rings. The largest absolute Gasteiger partial charge is 0.223 e. The average Bonchev–Trinajstić information content (AvgIpc) is 3.23. The zero-order chi connectivity index (χ0) is 20.1. The molecule has 1 heterocycles. The van der Waals surface area contributed by atoms with Crippen LogP contribution in [0.4, 0.5) is 0 Å². The van der Waals surface area contributed by atoms with Crippen LogP contribution in [0.3, 0.4) is 0 Å². The van der Waals surface area contributed by atoms with Crippen molar-refractivity contribution in [1.29, 1.82) is 0 Å². The van der Waals surface area contributed by atoms with Gasteiger partial charge in [-0.1, -0.05) is 56.4 Å². The summed E-state index contributed by atoms with van der Waals surface area (Å²) in [5, 5.41) is 4.16. The van der Waals surface area contributed by atoms with Gasteiger partial charge in [0.25, 0.3) is 0 Å². The maximum atomic E-state index is 4.27. The van der Waals surface area contributed by atoms with E-state index in [0.29, 0.717) is 11.8 Å². The van der Waals surface area contributed by atoms with Crippen LogP contribution in [0.1, 0.15) is 52.0 Å². The predicted molar refractivity (Wildman–Crippen MR) is 118 cm³/mol. The van der Waals surface area contributed by atoms with E-state index in [1.807, 2.05) is 0 Å². The first-order chi connectivity index (χ1) is 13.4. The Bertz CT molecular complexity index is 816. The third kappa shape index (κ3) is 4.52. The molecule has 3 rings (SSSR count). The van der Waals surface area contributed by atoms with Gasteiger partial charge in [-0.3, -0.25) is 0 Å². The lowest BCUT2D eigenvalue weighted by atomic mass is 9.60. The van der Waals surface area contributed by atoms with Crippen LogP contribution in [0.2, 0.25) is 0 Å². The van der Waals surface area contributed by atoms with Crippen molar-refractivity contribution in [2.75, 3.05) is 0 Å². The number of nitrogens with zero attached hydrogens (tertiary/aromatic N) is 3. The second kappa shape index (κ2) is 8.72. The molecule has 0 spiro atoms. The highest BCUT2D eigenvalue weighted by atomic mass is 15.3. The van der Waals surface area contributed by atoms with Crippen LogP contribution in [0.5, 0.6) is 0 Å². The van der Waals surface area contributed by atoms with E-state index in [4.69, 9.17) is 0 Å². The molecule has 3 heteroatoms. The van der Waals surface area contributed by atoms with Gasteiger partial charge in [0.05, 0.1) is 5.69 Å². The lowest BCUT2D eigenvalue weighted by molar-refractivity contribution is 0.122. The summed E-state index contributed by atoms with van der Waals surface area (Å²) in [5.74, 6) is 2.00. The van der Waals surface area contributed by atoms with Crippen LogP contribution in [-0.4, -0.2) is 14.8 Å². The maximum Gasteiger partial charge on any atom is 0.138 e. The molecule has 148 valence electrons. The van der Waals surface area contributed by atoms with Crippen molar-refractivity contribution in [3.8, 4) is 5.69 Å². The lowest BCUT2D eigenvalue weighted by Gasteiger charge is -2.45. The van der Waals surface area contributed by atoms with Gasteiger partial charge in [0.1, 0.15) is 12.7 Å². The fraction of sp³-hybridized carbons (Fsp3) is 0.440. The Morgan fingerprint density at radius 3 is 2.71 bits per heavy atom. The van der Waals surface area contributed by atoms with E-state index in [0.717, 1.165) is 18.0 Å².